The summed E-state index contributed by atoms with van der Waals surface area (Å²) in [4.78, 5) is 10.4. The molecular formula is C14H19BrO2. The number of halogens is 1. The summed E-state index contributed by atoms with van der Waals surface area (Å²) in [5, 5.41) is 8.59. The van der Waals surface area contributed by atoms with E-state index in [1.165, 1.54) is 11.1 Å². The van der Waals surface area contributed by atoms with E-state index in [0.717, 1.165) is 17.3 Å². The highest BCUT2D eigenvalue weighted by Gasteiger charge is 2.08. The molecule has 0 saturated carbocycles. The van der Waals surface area contributed by atoms with Gasteiger partial charge in [0.1, 0.15) is 0 Å². The Kier molecular flexibility index (Phi) is 5.69. The average molecular weight is 299 g/mol. The van der Waals surface area contributed by atoms with Crippen LogP contribution in [0.2, 0.25) is 0 Å². The van der Waals surface area contributed by atoms with Gasteiger partial charge in [0.15, 0.2) is 0 Å². The standard InChI is InChI=1S/C14H19BrO2/c1-3-10(2)12-8-7-11(9-13(12)15)5-4-6-14(16)17/h7-10H,3-6H2,1-2H3,(H,16,17). The summed E-state index contributed by atoms with van der Waals surface area (Å²) in [6.45, 7) is 4.39. The quantitative estimate of drug-likeness (QED) is 0.847. The average Bonchev–Trinajstić information content (AvgIpc) is 2.28. The third-order valence-corrected chi connectivity index (χ3v) is 3.75. The lowest BCUT2D eigenvalue weighted by molar-refractivity contribution is -0.137. The highest BCUT2D eigenvalue weighted by molar-refractivity contribution is 9.10. The third-order valence-electron chi connectivity index (χ3n) is 3.06. The number of carboxylic acids is 1. The Morgan fingerprint density at radius 3 is 2.71 bits per heavy atom. The lowest BCUT2D eigenvalue weighted by atomic mass is 9.96. The Morgan fingerprint density at radius 1 is 1.47 bits per heavy atom. The summed E-state index contributed by atoms with van der Waals surface area (Å²) in [7, 11) is 0. The second-order valence-corrected chi connectivity index (χ2v) is 5.27. The third kappa shape index (κ3) is 4.50. The Balaban J connectivity index is 2.65. The Hall–Kier alpha value is -0.830. The monoisotopic (exact) mass is 298 g/mol. The van der Waals surface area contributed by atoms with E-state index >= 15 is 0 Å². The number of benzene rings is 1. The van der Waals surface area contributed by atoms with Gasteiger partial charge in [0.05, 0.1) is 0 Å². The number of hydrogen-bond donors (Lipinski definition) is 1. The summed E-state index contributed by atoms with van der Waals surface area (Å²) in [6, 6.07) is 6.37. The van der Waals surface area contributed by atoms with Gasteiger partial charge in [-0.05, 0) is 42.4 Å². The number of carbonyl (C=O) groups is 1. The molecule has 0 bridgehead atoms. The molecule has 1 aromatic rings. The molecule has 0 aliphatic carbocycles. The molecule has 1 atom stereocenters. The van der Waals surface area contributed by atoms with Crippen molar-refractivity contribution in [1.82, 2.24) is 0 Å². The zero-order valence-corrected chi connectivity index (χ0v) is 12.0. The van der Waals surface area contributed by atoms with Gasteiger partial charge in [-0.3, -0.25) is 4.79 Å². The van der Waals surface area contributed by atoms with Gasteiger partial charge in [0, 0.05) is 10.9 Å². The molecule has 0 aliphatic rings. The SMILES string of the molecule is CCC(C)c1ccc(CCCC(=O)O)cc1Br. The minimum Gasteiger partial charge on any atom is -0.481 e. The van der Waals surface area contributed by atoms with Crippen LogP contribution < -0.4 is 0 Å². The number of aliphatic carboxylic acids is 1. The van der Waals surface area contributed by atoms with E-state index in [1.54, 1.807) is 0 Å². The van der Waals surface area contributed by atoms with Gasteiger partial charge in [0.2, 0.25) is 0 Å². The first-order valence-corrected chi connectivity index (χ1v) is 6.84. The van der Waals surface area contributed by atoms with Crippen LogP contribution in [-0.4, -0.2) is 11.1 Å². The van der Waals surface area contributed by atoms with Gasteiger partial charge in [-0.2, -0.15) is 0 Å². The van der Waals surface area contributed by atoms with Crippen LogP contribution in [-0.2, 0) is 11.2 Å². The van der Waals surface area contributed by atoms with E-state index in [1.807, 2.05) is 0 Å². The van der Waals surface area contributed by atoms with Crippen LogP contribution in [0, 0.1) is 0 Å². The molecule has 0 spiro atoms. The fourth-order valence-corrected chi connectivity index (χ4v) is 2.61. The largest absolute Gasteiger partial charge is 0.481 e. The molecule has 1 unspecified atom stereocenters. The molecule has 1 rings (SSSR count). The Bertz CT molecular complexity index is 388. The van der Waals surface area contributed by atoms with Gasteiger partial charge < -0.3 is 5.11 Å². The molecule has 17 heavy (non-hydrogen) atoms. The molecular weight excluding hydrogens is 280 g/mol. The van der Waals surface area contributed by atoms with E-state index in [-0.39, 0.29) is 6.42 Å². The van der Waals surface area contributed by atoms with Gasteiger partial charge in [-0.1, -0.05) is 41.9 Å². The predicted octanol–water partition coefficient (Wildman–Crippen LogP) is 4.37. The minimum atomic E-state index is -0.722. The van der Waals surface area contributed by atoms with E-state index < -0.39 is 5.97 Å². The van der Waals surface area contributed by atoms with Crippen molar-refractivity contribution < 1.29 is 9.90 Å². The number of aryl methyl sites for hydroxylation is 1. The Labute approximate surface area is 111 Å². The van der Waals surface area contributed by atoms with Crippen molar-refractivity contribution in [3.05, 3.63) is 33.8 Å². The van der Waals surface area contributed by atoms with Gasteiger partial charge in [-0.15, -0.1) is 0 Å². The summed E-state index contributed by atoms with van der Waals surface area (Å²) >= 11 is 3.59. The van der Waals surface area contributed by atoms with Crippen LogP contribution in [0.5, 0.6) is 0 Å². The van der Waals surface area contributed by atoms with Gasteiger partial charge >= 0.3 is 5.97 Å². The smallest absolute Gasteiger partial charge is 0.303 e. The van der Waals surface area contributed by atoms with Crippen molar-refractivity contribution in [3.63, 3.8) is 0 Å². The number of hydrogen-bond acceptors (Lipinski definition) is 1. The fraction of sp³-hybridized carbons (Fsp3) is 0.500. The molecule has 0 fully saturated rings. The lowest BCUT2D eigenvalue weighted by Gasteiger charge is -2.12. The zero-order chi connectivity index (χ0) is 12.8. The van der Waals surface area contributed by atoms with Crippen molar-refractivity contribution in [1.29, 1.82) is 0 Å². The van der Waals surface area contributed by atoms with Crippen molar-refractivity contribution in [3.8, 4) is 0 Å². The first-order valence-electron chi connectivity index (χ1n) is 6.04. The summed E-state index contributed by atoms with van der Waals surface area (Å²) in [6.07, 6.45) is 2.89. The van der Waals surface area contributed by atoms with Crippen LogP contribution in [0.25, 0.3) is 0 Å². The number of carboxylic acid groups (broad SMARTS) is 1. The molecule has 0 saturated heterocycles. The first-order chi connectivity index (χ1) is 8.04. The Morgan fingerprint density at radius 2 is 2.18 bits per heavy atom. The lowest BCUT2D eigenvalue weighted by Crippen LogP contribution is -1.97. The highest BCUT2D eigenvalue weighted by atomic mass is 79.9. The predicted molar refractivity (Wildman–Crippen MR) is 73.4 cm³/mol. The summed E-state index contributed by atoms with van der Waals surface area (Å²) in [5.41, 5.74) is 2.53. The van der Waals surface area contributed by atoms with Gasteiger partial charge in [-0.25, -0.2) is 0 Å². The first kappa shape index (κ1) is 14.2. The summed E-state index contributed by atoms with van der Waals surface area (Å²) in [5.74, 6) is -0.169. The molecule has 0 aromatic heterocycles. The van der Waals surface area contributed by atoms with Crippen molar-refractivity contribution in [2.75, 3.05) is 0 Å². The molecule has 0 radical (unpaired) electrons. The normalized spacial score (nSPS) is 12.4. The zero-order valence-electron chi connectivity index (χ0n) is 10.4. The van der Waals surface area contributed by atoms with Crippen molar-refractivity contribution in [2.45, 2.75) is 45.4 Å². The molecule has 94 valence electrons. The second-order valence-electron chi connectivity index (χ2n) is 4.41. The van der Waals surface area contributed by atoms with Crippen molar-refractivity contribution >= 4 is 21.9 Å². The topological polar surface area (TPSA) is 37.3 Å². The maximum Gasteiger partial charge on any atom is 0.303 e. The molecule has 1 aromatic carbocycles. The maximum absolute atomic E-state index is 10.4. The van der Waals surface area contributed by atoms with Crippen LogP contribution in [0.1, 0.15) is 50.2 Å². The van der Waals surface area contributed by atoms with E-state index in [4.69, 9.17) is 5.11 Å². The van der Waals surface area contributed by atoms with E-state index in [9.17, 15) is 4.79 Å². The number of rotatable bonds is 6. The van der Waals surface area contributed by atoms with Crippen molar-refractivity contribution in [2.24, 2.45) is 0 Å². The molecule has 3 heteroatoms. The molecule has 0 heterocycles. The van der Waals surface area contributed by atoms with Crippen LogP contribution in [0.4, 0.5) is 0 Å². The van der Waals surface area contributed by atoms with Crippen LogP contribution in [0.3, 0.4) is 0 Å². The maximum atomic E-state index is 10.4. The molecule has 1 N–H and O–H groups in total. The second kappa shape index (κ2) is 6.80. The van der Waals surface area contributed by atoms with Crippen LogP contribution in [0.15, 0.2) is 22.7 Å². The summed E-state index contributed by atoms with van der Waals surface area (Å²) < 4.78 is 1.14. The highest BCUT2D eigenvalue weighted by Crippen LogP contribution is 2.28. The molecule has 2 nitrogen and oxygen atoms in total. The fourth-order valence-electron chi connectivity index (χ4n) is 1.79. The molecule has 0 aliphatic heterocycles. The van der Waals surface area contributed by atoms with E-state index in [2.05, 4.69) is 48.0 Å². The minimum absolute atomic E-state index is 0.241. The van der Waals surface area contributed by atoms with Gasteiger partial charge in [0.25, 0.3) is 0 Å². The molecule has 0 amide bonds. The van der Waals surface area contributed by atoms with Crippen LogP contribution >= 0.6 is 15.9 Å². The van der Waals surface area contributed by atoms with E-state index in [0.29, 0.717) is 12.3 Å².